The van der Waals surface area contributed by atoms with E-state index < -0.39 is 15.1 Å². The van der Waals surface area contributed by atoms with Crippen LogP contribution < -0.4 is 5.32 Å². The van der Waals surface area contributed by atoms with Crippen LogP contribution in [-0.4, -0.2) is 51.6 Å². The second kappa shape index (κ2) is 9.13. The van der Waals surface area contributed by atoms with Crippen molar-refractivity contribution in [3.63, 3.8) is 0 Å². The summed E-state index contributed by atoms with van der Waals surface area (Å²) in [6, 6.07) is 6.72. The van der Waals surface area contributed by atoms with Crippen LogP contribution in [0.1, 0.15) is 42.4 Å². The number of carbonyl (C=O) groups excluding carboxylic acids is 2. The van der Waals surface area contributed by atoms with Gasteiger partial charge in [0.05, 0.1) is 16.8 Å². The first kappa shape index (κ1) is 22.2. The number of Topliss-reactive ketones (excluding diaryl/α,β-unsaturated/α-hetero) is 1. The molecule has 1 aromatic heterocycles. The lowest BCUT2D eigenvalue weighted by molar-refractivity contribution is -0.114. The number of carbonyl (C=O) groups is 2. The highest BCUT2D eigenvalue weighted by Crippen LogP contribution is 2.32. The van der Waals surface area contributed by atoms with E-state index in [1.807, 2.05) is 4.57 Å². The van der Waals surface area contributed by atoms with Gasteiger partial charge in [-0.05, 0) is 37.6 Å². The van der Waals surface area contributed by atoms with Crippen molar-refractivity contribution in [1.82, 2.24) is 14.8 Å². The lowest BCUT2D eigenvalue weighted by atomic mass is 10.1. The molecule has 0 aliphatic carbocycles. The van der Waals surface area contributed by atoms with Crippen LogP contribution in [0.25, 0.3) is 0 Å². The van der Waals surface area contributed by atoms with Gasteiger partial charge in [0.25, 0.3) is 0 Å². The highest BCUT2D eigenvalue weighted by atomic mass is 32.2. The van der Waals surface area contributed by atoms with Crippen molar-refractivity contribution in [1.29, 1.82) is 0 Å². The number of rotatable bonds is 8. The molecule has 1 N–H and O–H groups in total. The Balaban J connectivity index is 1.75. The maximum absolute atomic E-state index is 12.8. The van der Waals surface area contributed by atoms with Gasteiger partial charge in [0.15, 0.2) is 20.8 Å². The maximum Gasteiger partial charge on any atom is 0.221 e. The third kappa shape index (κ3) is 5.17. The molecule has 10 heteroatoms. The molecule has 8 nitrogen and oxygen atoms in total. The van der Waals surface area contributed by atoms with E-state index in [1.165, 1.54) is 18.7 Å². The Hall–Kier alpha value is -2.46. The molecule has 1 amide bonds. The van der Waals surface area contributed by atoms with E-state index in [2.05, 4.69) is 22.1 Å². The molecule has 1 aromatic carbocycles. The van der Waals surface area contributed by atoms with Crippen LogP contribution in [0.2, 0.25) is 0 Å². The molecule has 30 heavy (non-hydrogen) atoms. The van der Waals surface area contributed by atoms with E-state index in [1.54, 1.807) is 37.3 Å². The number of benzene rings is 1. The van der Waals surface area contributed by atoms with Gasteiger partial charge in [-0.3, -0.25) is 9.59 Å². The smallest absolute Gasteiger partial charge is 0.221 e. The van der Waals surface area contributed by atoms with Crippen molar-refractivity contribution < 1.29 is 18.0 Å². The Bertz CT molecular complexity index is 1060. The van der Waals surface area contributed by atoms with E-state index in [9.17, 15) is 18.0 Å². The van der Waals surface area contributed by atoms with Gasteiger partial charge >= 0.3 is 0 Å². The molecule has 2 unspecified atom stereocenters. The number of ketones is 1. The molecule has 1 fully saturated rings. The van der Waals surface area contributed by atoms with E-state index in [0.29, 0.717) is 35.2 Å². The largest absolute Gasteiger partial charge is 0.326 e. The lowest BCUT2D eigenvalue weighted by Crippen LogP contribution is -2.16. The van der Waals surface area contributed by atoms with Gasteiger partial charge in [-0.25, -0.2) is 8.42 Å². The minimum Gasteiger partial charge on any atom is -0.326 e. The van der Waals surface area contributed by atoms with Crippen molar-refractivity contribution in [2.24, 2.45) is 0 Å². The standard InChI is InChI=1S/C20H24N4O4S2/c1-4-10-24-19(16-9-11-30(27,28)12-16)22-23-20(24)29-13(2)18(26)15-5-7-17(8-6-15)21-14(3)25/h4-8,13,16H,1,9-12H2,2-3H3,(H,21,25). The van der Waals surface area contributed by atoms with Gasteiger partial charge in [0.2, 0.25) is 5.91 Å². The monoisotopic (exact) mass is 448 g/mol. The maximum atomic E-state index is 12.8. The molecule has 2 aromatic rings. The molecule has 160 valence electrons. The second-order valence-electron chi connectivity index (χ2n) is 7.22. The molecule has 2 atom stereocenters. The highest BCUT2D eigenvalue weighted by molar-refractivity contribution is 8.00. The van der Waals surface area contributed by atoms with Crippen LogP contribution in [0.3, 0.4) is 0 Å². The fourth-order valence-electron chi connectivity index (χ4n) is 3.36. The molecular weight excluding hydrogens is 424 g/mol. The quantitative estimate of drug-likeness (QED) is 0.375. The Morgan fingerprint density at radius 3 is 2.60 bits per heavy atom. The summed E-state index contributed by atoms with van der Waals surface area (Å²) in [6.45, 7) is 7.42. The average Bonchev–Trinajstić information content (AvgIpc) is 3.24. The fraction of sp³-hybridized carbons (Fsp3) is 0.400. The zero-order valence-corrected chi connectivity index (χ0v) is 18.5. The van der Waals surface area contributed by atoms with Crippen molar-refractivity contribution >= 4 is 39.0 Å². The summed E-state index contributed by atoms with van der Waals surface area (Å²) in [5, 5.41) is 11.3. The Kier molecular flexibility index (Phi) is 6.77. The summed E-state index contributed by atoms with van der Waals surface area (Å²) in [5.41, 5.74) is 1.15. The van der Waals surface area contributed by atoms with Gasteiger partial charge in [-0.15, -0.1) is 16.8 Å². The van der Waals surface area contributed by atoms with Crippen molar-refractivity contribution in [3.8, 4) is 0 Å². The number of thioether (sulfide) groups is 1. The van der Waals surface area contributed by atoms with E-state index in [4.69, 9.17) is 0 Å². The summed E-state index contributed by atoms with van der Waals surface area (Å²) in [7, 11) is -3.04. The Morgan fingerprint density at radius 2 is 2.03 bits per heavy atom. The van der Waals surface area contributed by atoms with Crippen molar-refractivity contribution in [2.45, 2.75) is 43.1 Å². The SMILES string of the molecule is C=CCn1c(SC(C)C(=O)c2ccc(NC(C)=O)cc2)nnc1C1CCS(=O)(=O)C1. The van der Waals surface area contributed by atoms with Gasteiger partial charge in [0, 0.05) is 30.6 Å². The van der Waals surface area contributed by atoms with Crippen molar-refractivity contribution in [3.05, 3.63) is 48.3 Å². The van der Waals surface area contributed by atoms with Crippen LogP contribution in [0, 0.1) is 0 Å². The fourth-order valence-corrected chi connectivity index (χ4v) is 6.04. The van der Waals surface area contributed by atoms with E-state index in [-0.39, 0.29) is 29.1 Å². The number of allylic oxidation sites excluding steroid dienone is 1. The molecule has 0 radical (unpaired) electrons. The Labute approximate surface area is 180 Å². The van der Waals surface area contributed by atoms with Crippen LogP contribution in [0.15, 0.2) is 42.1 Å². The highest BCUT2D eigenvalue weighted by Gasteiger charge is 2.33. The van der Waals surface area contributed by atoms with E-state index >= 15 is 0 Å². The molecule has 2 heterocycles. The van der Waals surface area contributed by atoms with Gasteiger partial charge in [-0.2, -0.15) is 0 Å². The topological polar surface area (TPSA) is 111 Å². The summed E-state index contributed by atoms with van der Waals surface area (Å²) in [5.74, 6) is 0.409. The number of anilines is 1. The number of aromatic nitrogens is 3. The summed E-state index contributed by atoms with van der Waals surface area (Å²) >= 11 is 1.28. The van der Waals surface area contributed by atoms with Gasteiger partial charge in [-0.1, -0.05) is 17.8 Å². The van der Waals surface area contributed by atoms with Crippen LogP contribution in [-0.2, 0) is 21.2 Å². The second-order valence-corrected chi connectivity index (χ2v) is 10.8. The zero-order chi connectivity index (χ0) is 21.9. The number of nitrogens with one attached hydrogen (secondary N) is 1. The van der Waals surface area contributed by atoms with Crippen LogP contribution >= 0.6 is 11.8 Å². The van der Waals surface area contributed by atoms with Crippen molar-refractivity contribution in [2.75, 3.05) is 16.8 Å². The van der Waals surface area contributed by atoms with Crippen LogP contribution in [0.5, 0.6) is 0 Å². The normalized spacial score (nSPS) is 18.7. The number of sulfone groups is 1. The minimum atomic E-state index is -3.04. The Morgan fingerprint density at radius 1 is 1.33 bits per heavy atom. The lowest BCUT2D eigenvalue weighted by Gasteiger charge is -2.14. The van der Waals surface area contributed by atoms with E-state index in [0.717, 1.165) is 0 Å². The summed E-state index contributed by atoms with van der Waals surface area (Å²) in [6.07, 6.45) is 2.23. The molecule has 1 aliphatic heterocycles. The molecule has 1 aliphatic rings. The first-order chi connectivity index (χ1) is 14.2. The predicted octanol–water partition coefficient (Wildman–Crippen LogP) is 2.69. The molecule has 0 saturated carbocycles. The number of hydrogen-bond acceptors (Lipinski definition) is 7. The third-order valence-electron chi connectivity index (χ3n) is 4.80. The molecule has 1 saturated heterocycles. The van der Waals surface area contributed by atoms with Gasteiger partial charge < -0.3 is 9.88 Å². The first-order valence-electron chi connectivity index (χ1n) is 9.53. The molecular formula is C20H24N4O4S2. The summed E-state index contributed by atoms with van der Waals surface area (Å²) < 4.78 is 25.5. The molecule has 0 spiro atoms. The average molecular weight is 449 g/mol. The number of hydrogen-bond donors (Lipinski definition) is 1. The zero-order valence-electron chi connectivity index (χ0n) is 16.9. The minimum absolute atomic E-state index is 0.0715. The predicted molar refractivity (Wildman–Crippen MR) is 117 cm³/mol. The first-order valence-corrected chi connectivity index (χ1v) is 12.2. The summed E-state index contributed by atoms with van der Waals surface area (Å²) in [4.78, 5) is 24.0. The van der Waals surface area contributed by atoms with Gasteiger partial charge in [0.1, 0.15) is 5.82 Å². The molecule has 0 bridgehead atoms. The number of amides is 1. The third-order valence-corrected chi connectivity index (χ3v) is 7.64. The van der Waals surface area contributed by atoms with Crippen LogP contribution in [0.4, 0.5) is 5.69 Å². The molecule has 3 rings (SSSR count). The number of nitrogens with zero attached hydrogens (tertiary/aromatic N) is 3.